The maximum atomic E-state index is 13.4. The molecule has 32 heavy (non-hydrogen) atoms. The van der Waals surface area contributed by atoms with Crippen molar-refractivity contribution in [2.75, 3.05) is 13.7 Å². The molecule has 3 heterocycles. The number of hydrogen-bond donors (Lipinski definition) is 1. The van der Waals surface area contributed by atoms with E-state index in [1.165, 1.54) is 5.56 Å². The van der Waals surface area contributed by atoms with Crippen LogP contribution in [0.5, 0.6) is 5.75 Å². The molecule has 0 spiro atoms. The molecule has 1 unspecified atom stereocenters. The number of rotatable bonds is 4. The smallest absolute Gasteiger partial charge is 0.247 e. The van der Waals surface area contributed by atoms with Crippen LogP contribution in [-0.4, -0.2) is 29.4 Å². The molecule has 1 N–H and O–H groups in total. The second kappa shape index (κ2) is 8.77. The van der Waals surface area contributed by atoms with Crippen LogP contribution >= 0.6 is 38.9 Å². The van der Waals surface area contributed by atoms with Gasteiger partial charge in [0.05, 0.1) is 7.11 Å². The Labute approximate surface area is 203 Å². The lowest BCUT2D eigenvalue weighted by Gasteiger charge is -2.34. The number of methoxy groups -OCH3 is 1. The molecule has 0 saturated heterocycles. The number of thiophene rings is 1. The van der Waals surface area contributed by atoms with Crippen molar-refractivity contribution in [1.82, 2.24) is 9.88 Å². The first kappa shape index (κ1) is 21.3. The summed E-state index contributed by atoms with van der Waals surface area (Å²) in [5.74, 6) is 0.789. The number of benzene rings is 2. The third kappa shape index (κ3) is 3.87. The Morgan fingerprint density at radius 3 is 2.88 bits per heavy atom. The summed E-state index contributed by atoms with van der Waals surface area (Å²) < 4.78 is 6.45. The number of halogens is 2. The summed E-state index contributed by atoms with van der Waals surface area (Å²) in [6.45, 7) is 0.628. The summed E-state index contributed by atoms with van der Waals surface area (Å²) in [4.78, 5) is 20.0. The first-order chi connectivity index (χ1) is 15.5. The summed E-state index contributed by atoms with van der Waals surface area (Å²) in [5, 5.41) is 3.83. The van der Waals surface area contributed by atoms with Gasteiger partial charge >= 0.3 is 0 Å². The van der Waals surface area contributed by atoms with E-state index in [9.17, 15) is 4.79 Å². The zero-order valence-corrected chi connectivity index (χ0v) is 20.4. The second-order valence-corrected chi connectivity index (χ2v) is 9.90. The second-order valence-electron chi connectivity index (χ2n) is 7.64. The van der Waals surface area contributed by atoms with Crippen molar-refractivity contribution in [3.63, 3.8) is 0 Å². The van der Waals surface area contributed by atoms with Gasteiger partial charge in [0.25, 0.3) is 0 Å². The highest BCUT2D eigenvalue weighted by molar-refractivity contribution is 9.10. The van der Waals surface area contributed by atoms with Gasteiger partial charge in [0.1, 0.15) is 11.8 Å². The normalized spacial score (nSPS) is 16.0. The van der Waals surface area contributed by atoms with E-state index in [2.05, 4.69) is 38.4 Å². The Bertz CT molecular complexity index is 1340. The minimum atomic E-state index is -0.183. The first-order valence-corrected chi connectivity index (χ1v) is 12.3. The summed E-state index contributed by atoms with van der Waals surface area (Å²) in [6.07, 6.45) is 4.18. The number of aromatic amines is 1. The average Bonchev–Trinajstić information content (AvgIpc) is 3.40. The lowest BCUT2D eigenvalue weighted by molar-refractivity contribution is -0.127. The summed E-state index contributed by atoms with van der Waals surface area (Å²) in [7, 11) is 1.68. The zero-order valence-electron chi connectivity index (χ0n) is 17.3. The number of fused-ring (bicyclic) bond motifs is 3. The molecule has 7 heteroatoms. The maximum Gasteiger partial charge on any atom is 0.247 e. The van der Waals surface area contributed by atoms with Gasteiger partial charge in [-0.15, -0.1) is 11.3 Å². The van der Waals surface area contributed by atoms with E-state index in [1.807, 2.05) is 41.3 Å². The molecule has 1 aliphatic rings. The van der Waals surface area contributed by atoms with Gasteiger partial charge in [-0.2, -0.15) is 0 Å². The number of ether oxygens (including phenoxy) is 1. The number of carbonyl (C=O) groups excluding carboxylic acids is 1. The quantitative estimate of drug-likeness (QED) is 0.295. The maximum absolute atomic E-state index is 13.4. The monoisotopic (exact) mass is 526 g/mol. The van der Waals surface area contributed by atoms with Crippen molar-refractivity contribution in [2.24, 2.45) is 0 Å². The Balaban J connectivity index is 1.56. The van der Waals surface area contributed by atoms with Crippen LogP contribution in [0.4, 0.5) is 0 Å². The first-order valence-electron chi connectivity index (χ1n) is 10.2. The number of H-pyrrole nitrogens is 1. The molecule has 162 valence electrons. The van der Waals surface area contributed by atoms with Crippen LogP contribution < -0.4 is 4.74 Å². The van der Waals surface area contributed by atoms with E-state index in [-0.39, 0.29) is 11.9 Å². The van der Waals surface area contributed by atoms with Crippen LogP contribution in [0, 0.1) is 0 Å². The van der Waals surface area contributed by atoms with E-state index >= 15 is 0 Å². The van der Waals surface area contributed by atoms with Gasteiger partial charge in [-0.1, -0.05) is 29.8 Å². The van der Waals surface area contributed by atoms with Crippen LogP contribution in [0.15, 0.2) is 64.5 Å². The summed E-state index contributed by atoms with van der Waals surface area (Å²) in [6, 6.07) is 15.5. The van der Waals surface area contributed by atoms with Crippen LogP contribution in [0.1, 0.15) is 27.7 Å². The molecule has 0 fully saturated rings. The standard InChI is InChI=1S/C25H20BrClN2O2S/c1-31-17-7-8-21-19(13-17)18-10-11-29(23(30)9-6-15-4-2-3-5-20(15)27)25(24(18)28-21)22-12-16(26)14-32-22/h2-9,12-14,25,28H,10-11H2,1H3. The molecule has 0 aliphatic carbocycles. The number of hydrogen-bond acceptors (Lipinski definition) is 3. The Morgan fingerprint density at radius 2 is 2.12 bits per heavy atom. The lowest BCUT2D eigenvalue weighted by Crippen LogP contribution is -2.39. The fourth-order valence-corrected chi connectivity index (χ4v) is 6.03. The van der Waals surface area contributed by atoms with E-state index in [0.717, 1.165) is 43.7 Å². The van der Waals surface area contributed by atoms with Gasteiger partial charge in [-0.3, -0.25) is 4.79 Å². The Morgan fingerprint density at radius 1 is 1.28 bits per heavy atom. The van der Waals surface area contributed by atoms with E-state index in [1.54, 1.807) is 30.6 Å². The molecule has 0 radical (unpaired) electrons. The zero-order chi connectivity index (χ0) is 22.2. The van der Waals surface area contributed by atoms with Crippen molar-refractivity contribution >= 4 is 61.8 Å². The third-order valence-electron chi connectivity index (χ3n) is 5.79. The van der Waals surface area contributed by atoms with Crippen molar-refractivity contribution in [1.29, 1.82) is 0 Å². The molecule has 2 aromatic carbocycles. The predicted molar refractivity (Wildman–Crippen MR) is 135 cm³/mol. The molecule has 5 rings (SSSR count). The highest BCUT2D eigenvalue weighted by atomic mass is 79.9. The van der Waals surface area contributed by atoms with Gasteiger partial charge in [0.15, 0.2) is 0 Å². The van der Waals surface area contributed by atoms with Gasteiger partial charge in [0, 0.05) is 49.0 Å². The number of aromatic nitrogens is 1. The highest BCUT2D eigenvalue weighted by Gasteiger charge is 2.34. The van der Waals surface area contributed by atoms with Gasteiger partial charge in [-0.05, 0) is 69.9 Å². The van der Waals surface area contributed by atoms with Gasteiger partial charge in [-0.25, -0.2) is 0 Å². The van der Waals surface area contributed by atoms with E-state index < -0.39 is 0 Å². The third-order valence-corrected chi connectivity index (χ3v) is 7.88. The molecule has 2 aromatic heterocycles. The SMILES string of the molecule is COc1ccc2[nH]c3c(c2c1)CCN(C(=O)C=Cc1ccccc1Cl)C3c1cc(Br)cs1. The van der Waals surface area contributed by atoms with E-state index in [4.69, 9.17) is 16.3 Å². The molecular formula is C25H20BrClN2O2S. The molecule has 1 atom stereocenters. The number of carbonyl (C=O) groups is 1. The molecular weight excluding hydrogens is 508 g/mol. The largest absolute Gasteiger partial charge is 0.497 e. The van der Waals surface area contributed by atoms with Crippen molar-refractivity contribution < 1.29 is 9.53 Å². The molecule has 4 aromatic rings. The lowest BCUT2D eigenvalue weighted by atomic mass is 9.96. The topological polar surface area (TPSA) is 45.3 Å². The minimum Gasteiger partial charge on any atom is -0.497 e. The summed E-state index contributed by atoms with van der Waals surface area (Å²) >= 11 is 11.5. The predicted octanol–water partition coefficient (Wildman–Crippen LogP) is 6.84. The van der Waals surface area contributed by atoms with Crippen LogP contribution in [-0.2, 0) is 11.2 Å². The van der Waals surface area contributed by atoms with Crippen molar-refractivity contribution in [3.05, 3.63) is 91.2 Å². The number of nitrogens with one attached hydrogen (secondary N) is 1. The minimum absolute atomic E-state index is 0.0404. The molecule has 0 bridgehead atoms. The Hall–Kier alpha value is -2.54. The van der Waals surface area contributed by atoms with Crippen LogP contribution in [0.3, 0.4) is 0 Å². The van der Waals surface area contributed by atoms with Crippen molar-refractivity contribution in [2.45, 2.75) is 12.5 Å². The van der Waals surface area contributed by atoms with Crippen molar-refractivity contribution in [3.8, 4) is 5.75 Å². The fourth-order valence-electron chi connectivity index (χ4n) is 4.27. The molecule has 1 aliphatic heterocycles. The molecule has 4 nitrogen and oxygen atoms in total. The van der Waals surface area contributed by atoms with E-state index in [0.29, 0.717) is 11.6 Å². The Kier molecular flexibility index (Phi) is 5.84. The average molecular weight is 528 g/mol. The van der Waals surface area contributed by atoms with Gasteiger partial charge < -0.3 is 14.6 Å². The number of nitrogens with zero attached hydrogens (tertiary/aromatic N) is 1. The van der Waals surface area contributed by atoms with Crippen LogP contribution in [0.25, 0.3) is 17.0 Å². The molecule has 0 saturated carbocycles. The van der Waals surface area contributed by atoms with Gasteiger partial charge in [0.2, 0.25) is 5.91 Å². The fraction of sp³-hybridized carbons (Fsp3) is 0.160. The van der Waals surface area contributed by atoms with Crippen LogP contribution in [0.2, 0.25) is 5.02 Å². The summed E-state index contributed by atoms with van der Waals surface area (Å²) in [5.41, 5.74) is 4.19. The number of amides is 1. The highest BCUT2D eigenvalue weighted by Crippen LogP contribution is 2.42. The molecule has 1 amide bonds.